The smallest absolute Gasteiger partial charge is 0.272 e. The van der Waals surface area contributed by atoms with Crippen LogP contribution in [0.25, 0.3) is 0 Å². The molecule has 1 aromatic heterocycles. The van der Waals surface area contributed by atoms with Crippen molar-refractivity contribution in [3.63, 3.8) is 0 Å². The van der Waals surface area contributed by atoms with Gasteiger partial charge in [0.2, 0.25) is 0 Å². The molecule has 1 aliphatic heterocycles. The minimum Gasteiger partial charge on any atom is -0.378 e. The molecule has 5 nitrogen and oxygen atoms in total. The Hall–Kier alpha value is -3.73. The van der Waals surface area contributed by atoms with Crippen LogP contribution in [-0.2, 0) is 0 Å². The van der Waals surface area contributed by atoms with Crippen molar-refractivity contribution in [2.45, 2.75) is 25.3 Å². The number of nitrogens with zero attached hydrogens (tertiary/aromatic N) is 2. The molecule has 0 fully saturated rings. The zero-order valence-electron chi connectivity index (χ0n) is 17.3. The fourth-order valence-corrected chi connectivity index (χ4v) is 4.57. The Morgan fingerprint density at radius 3 is 2.77 bits per heavy atom. The summed E-state index contributed by atoms with van der Waals surface area (Å²) in [6.45, 7) is 1.91. The van der Waals surface area contributed by atoms with E-state index >= 15 is 0 Å². The minimum atomic E-state index is -0.267. The third-order valence-electron chi connectivity index (χ3n) is 6.19. The van der Waals surface area contributed by atoms with Crippen molar-refractivity contribution in [3.8, 4) is 0 Å². The van der Waals surface area contributed by atoms with Crippen LogP contribution in [0.15, 0.2) is 90.3 Å². The van der Waals surface area contributed by atoms with Gasteiger partial charge in [-0.1, -0.05) is 48.6 Å². The number of fused-ring (bicyclic) bond motifs is 3. The van der Waals surface area contributed by atoms with Crippen LogP contribution in [0.1, 0.15) is 52.4 Å². The summed E-state index contributed by atoms with van der Waals surface area (Å²) in [6, 6.07) is 20.8. The molecule has 5 heteroatoms. The van der Waals surface area contributed by atoms with E-state index in [1.807, 2.05) is 6.92 Å². The molecule has 1 aliphatic carbocycles. The van der Waals surface area contributed by atoms with E-state index < -0.39 is 0 Å². The van der Waals surface area contributed by atoms with Gasteiger partial charge in [-0.3, -0.25) is 9.78 Å². The molecule has 0 saturated carbocycles. The summed E-state index contributed by atoms with van der Waals surface area (Å²) in [4.78, 5) is 16.2. The van der Waals surface area contributed by atoms with Gasteiger partial charge in [-0.2, -0.15) is 5.10 Å². The molecule has 2 aliphatic rings. The first-order chi connectivity index (χ1) is 15.2. The highest BCUT2D eigenvalue weighted by molar-refractivity contribution is 6.01. The van der Waals surface area contributed by atoms with Crippen molar-refractivity contribution >= 4 is 17.3 Å². The highest BCUT2D eigenvalue weighted by Gasteiger charge is 2.37. The van der Waals surface area contributed by atoms with Crippen molar-refractivity contribution in [1.29, 1.82) is 0 Å². The highest BCUT2D eigenvalue weighted by Crippen LogP contribution is 2.49. The molecule has 154 valence electrons. The maximum atomic E-state index is 12.3. The van der Waals surface area contributed by atoms with Crippen LogP contribution in [-0.4, -0.2) is 16.6 Å². The van der Waals surface area contributed by atoms with Crippen LogP contribution in [0.3, 0.4) is 0 Å². The number of hydrazone groups is 1. The number of allylic oxidation sites excluding steroid dienone is 2. The quantitative estimate of drug-likeness (QED) is 0.360. The fraction of sp³-hybridized carbons (Fsp3) is 0.192. The van der Waals surface area contributed by atoms with Crippen LogP contribution in [0.4, 0.5) is 5.69 Å². The Kier molecular flexibility index (Phi) is 5.08. The van der Waals surface area contributed by atoms with Gasteiger partial charge in [0.25, 0.3) is 5.91 Å². The molecule has 0 saturated heterocycles. The number of nitrogens with one attached hydrogen (secondary N) is 2. The third-order valence-corrected chi connectivity index (χ3v) is 6.19. The third kappa shape index (κ3) is 3.75. The normalized spacial score (nSPS) is 21.7. The van der Waals surface area contributed by atoms with E-state index in [0.717, 1.165) is 23.4 Å². The summed E-state index contributed by atoms with van der Waals surface area (Å²) in [5.74, 6) is 0.600. The average Bonchev–Trinajstić information content (AvgIpc) is 3.33. The molecule has 0 radical (unpaired) electrons. The number of aromatic nitrogens is 1. The number of rotatable bonds is 4. The zero-order chi connectivity index (χ0) is 21.2. The van der Waals surface area contributed by atoms with Gasteiger partial charge in [0.1, 0.15) is 0 Å². The second-order valence-electron chi connectivity index (χ2n) is 8.07. The van der Waals surface area contributed by atoms with Gasteiger partial charge >= 0.3 is 0 Å². The molecular formula is C26H24N4O. The Bertz CT molecular complexity index is 1150. The van der Waals surface area contributed by atoms with E-state index in [4.69, 9.17) is 0 Å². The fourth-order valence-electron chi connectivity index (χ4n) is 4.57. The largest absolute Gasteiger partial charge is 0.378 e. The monoisotopic (exact) mass is 408 g/mol. The van der Waals surface area contributed by atoms with E-state index in [9.17, 15) is 4.79 Å². The van der Waals surface area contributed by atoms with Gasteiger partial charge in [-0.25, -0.2) is 5.43 Å². The molecule has 5 rings (SSSR count). The summed E-state index contributed by atoms with van der Waals surface area (Å²) in [5.41, 5.74) is 8.67. The van der Waals surface area contributed by atoms with E-state index in [-0.39, 0.29) is 5.91 Å². The van der Waals surface area contributed by atoms with E-state index in [2.05, 4.69) is 81.5 Å². The van der Waals surface area contributed by atoms with Gasteiger partial charge in [0.05, 0.1) is 17.3 Å². The first-order valence-electron chi connectivity index (χ1n) is 10.6. The van der Waals surface area contributed by atoms with Gasteiger partial charge < -0.3 is 5.32 Å². The Balaban J connectivity index is 1.40. The molecule has 2 heterocycles. The first-order valence-corrected chi connectivity index (χ1v) is 10.6. The van der Waals surface area contributed by atoms with E-state index in [1.54, 1.807) is 18.3 Å². The van der Waals surface area contributed by atoms with Gasteiger partial charge in [0.15, 0.2) is 0 Å². The van der Waals surface area contributed by atoms with E-state index in [0.29, 0.717) is 23.4 Å². The molecule has 0 bridgehead atoms. The Morgan fingerprint density at radius 2 is 1.97 bits per heavy atom. The SMILES string of the molecule is C/C(=N/NC(=O)c1cccnc1)c1ccc2c(c1)[C@@H]1C=CC[C@@H]1[C@@H](c1ccccc1)N2. The number of carbonyl (C=O) groups is 1. The molecule has 2 aromatic carbocycles. The lowest BCUT2D eigenvalue weighted by atomic mass is 9.76. The number of benzene rings is 2. The van der Waals surface area contributed by atoms with Gasteiger partial charge in [0, 0.05) is 24.0 Å². The molecule has 0 spiro atoms. The summed E-state index contributed by atoms with van der Waals surface area (Å²) >= 11 is 0. The van der Waals surface area contributed by atoms with Crippen molar-refractivity contribution in [2.75, 3.05) is 5.32 Å². The minimum absolute atomic E-state index is 0.267. The lowest BCUT2D eigenvalue weighted by Gasteiger charge is -2.37. The summed E-state index contributed by atoms with van der Waals surface area (Å²) in [7, 11) is 0. The van der Waals surface area contributed by atoms with E-state index in [1.165, 1.54) is 17.3 Å². The second-order valence-corrected chi connectivity index (χ2v) is 8.07. The lowest BCUT2D eigenvalue weighted by Crippen LogP contribution is -2.29. The van der Waals surface area contributed by atoms with Crippen LogP contribution < -0.4 is 10.7 Å². The number of anilines is 1. The maximum absolute atomic E-state index is 12.3. The maximum Gasteiger partial charge on any atom is 0.272 e. The van der Waals surface area contributed by atoms with Gasteiger partial charge in [-0.05, 0) is 60.2 Å². The standard InChI is InChI=1S/C26H24N4O/c1-17(29-30-26(31)20-9-6-14-27-16-20)19-12-13-24-23(15-19)21-10-5-11-22(21)25(28-24)18-7-3-2-4-8-18/h2-10,12-16,21-22,25,28H,11H2,1H3,(H,30,31)/b29-17-/t21-,22+,25-/m1/s1. The number of amides is 1. The summed E-state index contributed by atoms with van der Waals surface area (Å²) in [6.07, 6.45) is 8.86. The number of carbonyl (C=O) groups excluding carboxylic acids is 1. The molecule has 3 aromatic rings. The zero-order valence-corrected chi connectivity index (χ0v) is 17.3. The summed E-state index contributed by atoms with van der Waals surface area (Å²) < 4.78 is 0. The predicted octanol–water partition coefficient (Wildman–Crippen LogP) is 5.06. The van der Waals surface area contributed by atoms with Crippen molar-refractivity contribution in [1.82, 2.24) is 10.4 Å². The van der Waals surface area contributed by atoms with Gasteiger partial charge in [-0.15, -0.1) is 0 Å². The van der Waals surface area contributed by atoms with Crippen molar-refractivity contribution < 1.29 is 4.79 Å². The Morgan fingerprint density at radius 1 is 1.10 bits per heavy atom. The summed E-state index contributed by atoms with van der Waals surface area (Å²) in [5, 5.41) is 8.08. The molecule has 2 N–H and O–H groups in total. The topological polar surface area (TPSA) is 66.4 Å². The van der Waals surface area contributed by atoms with Crippen molar-refractivity contribution in [3.05, 3.63) is 107 Å². The molecular weight excluding hydrogens is 384 g/mol. The number of hydrogen-bond donors (Lipinski definition) is 2. The van der Waals surface area contributed by atoms with Crippen LogP contribution >= 0.6 is 0 Å². The Labute approximate surface area is 181 Å². The molecule has 1 amide bonds. The molecule has 3 atom stereocenters. The average molecular weight is 409 g/mol. The number of hydrogen-bond acceptors (Lipinski definition) is 4. The van der Waals surface area contributed by atoms with Crippen LogP contribution in [0.2, 0.25) is 0 Å². The van der Waals surface area contributed by atoms with Crippen LogP contribution in [0.5, 0.6) is 0 Å². The molecule has 0 unspecified atom stereocenters. The second kappa shape index (κ2) is 8.19. The number of pyridine rings is 1. The van der Waals surface area contributed by atoms with Crippen molar-refractivity contribution in [2.24, 2.45) is 11.0 Å². The lowest BCUT2D eigenvalue weighted by molar-refractivity contribution is 0.0954. The predicted molar refractivity (Wildman–Crippen MR) is 123 cm³/mol. The highest BCUT2D eigenvalue weighted by atomic mass is 16.2. The molecule has 31 heavy (non-hydrogen) atoms. The first kappa shape index (κ1) is 19.2. The van der Waals surface area contributed by atoms with Crippen LogP contribution in [0, 0.1) is 5.92 Å².